The Balaban J connectivity index is 1.45. The summed E-state index contributed by atoms with van der Waals surface area (Å²) in [4.78, 5) is 12.2. The molecule has 3 rings (SSSR count). The number of anilines is 1. The van der Waals surface area contributed by atoms with Crippen LogP contribution in [0.4, 0.5) is 10.1 Å². The summed E-state index contributed by atoms with van der Waals surface area (Å²) >= 11 is 0. The molecule has 0 bridgehead atoms. The van der Waals surface area contributed by atoms with E-state index in [0.29, 0.717) is 23.9 Å². The van der Waals surface area contributed by atoms with Crippen LogP contribution in [-0.2, 0) is 4.79 Å². The average molecular weight is 369 g/mol. The van der Waals surface area contributed by atoms with E-state index < -0.39 is 0 Å². The van der Waals surface area contributed by atoms with Crippen LogP contribution in [-0.4, -0.2) is 12.0 Å². The Morgan fingerprint density at radius 2 is 1.67 bits per heavy atom. The van der Waals surface area contributed by atoms with Crippen molar-refractivity contribution in [1.82, 2.24) is 0 Å². The molecule has 0 saturated heterocycles. The van der Waals surface area contributed by atoms with Gasteiger partial charge in [-0.15, -0.1) is 0 Å². The van der Waals surface area contributed by atoms with Gasteiger partial charge in [0.1, 0.15) is 11.6 Å². The first-order valence-corrected chi connectivity index (χ1v) is 9.81. The Morgan fingerprint density at radius 3 is 2.26 bits per heavy atom. The van der Waals surface area contributed by atoms with Crippen molar-refractivity contribution in [3.05, 3.63) is 59.9 Å². The number of ether oxygens (including phenoxy) is 1. The topological polar surface area (TPSA) is 38.3 Å². The molecule has 0 heterocycles. The predicted octanol–water partition coefficient (Wildman–Crippen LogP) is 5.92. The SMILES string of the molecule is CC(C)Oc1ccc(C2CCC(CC(=O)Nc3ccc(F)cc3)CC2)cc1. The van der Waals surface area contributed by atoms with E-state index in [9.17, 15) is 9.18 Å². The van der Waals surface area contributed by atoms with Crippen LogP contribution in [0.3, 0.4) is 0 Å². The lowest BCUT2D eigenvalue weighted by atomic mass is 9.77. The number of carbonyl (C=O) groups is 1. The van der Waals surface area contributed by atoms with Crippen LogP contribution >= 0.6 is 0 Å². The third-order valence-electron chi connectivity index (χ3n) is 5.17. The normalized spacial score (nSPS) is 19.7. The van der Waals surface area contributed by atoms with E-state index in [1.165, 1.54) is 17.7 Å². The van der Waals surface area contributed by atoms with Crippen LogP contribution in [0, 0.1) is 11.7 Å². The molecule has 2 aromatic carbocycles. The molecule has 27 heavy (non-hydrogen) atoms. The number of amides is 1. The molecule has 2 aromatic rings. The molecular formula is C23H28FNO2. The van der Waals surface area contributed by atoms with Gasteiger partial charge in [-0.05, 0) is 93.3 Å². The maximum absolute atomic E-state index is 12.9. The number of hydrogen-bond acceptors (Lipinski definition) is 2. The standard InChI is InChI=1S/C23H28FNO2/c1-16(2)27-22-13-7-19(8-14-22)18-5-3-17(4-6-18)15-23(26)25-21-11-9-20(24)10-12-21/h7-14,16-18H,3-6,15H2,1-2H3,(H,25,26). The maximum atomic E-state index is 12.9. The second kappa shape index (κ2) is 9.03. The summed E-state index contributed by atoms with van der Waals surface area (Å²) in [5, 5.41) is 2.86. The highest BCUT2D eigenvalue weighted by Crippen LogP contribution is 2.37. The van der Waals surface area contributed by atoms with Crippen LogP contribution in [0.25, 0.3) is 0 Å². The molecule has 1 amide bonds. The smallest absolute Gasteiger partial charge is 0.224 e. The van der Waals surface area contributed by atoms with Crippen LogP contribution in [0.1, 0.15) is 57.4 Å². The van der Waals surface area contributed by atoms with Gasteiger partial charge in [0.15, 0.2) is 0 Å². The number of benzene rings is 2. The van der Waals surface area contributed by atoms with E-state index in [-0.39, 0.29) is 17.8 Å². The van der Waals surface area contributed by atoms with Gasteiger partial charge in [-0.25, -0.2) is 4.39 Å². The minimum Gasteiger partial charge on any atom is -0.491 e. The molecule has 0 radical (unpaired) electrons. The Labute approximate surface area is 160 Å². The zero-order valence-corrected chi connectivity index (χ0v) is 16.1. The van der Waals surface area contributed by atoms with Crippen molar-refractivity contribution in [1.29, 1.82) is 0 Å². The van der Waals surface area contributed by atoms with E-state index >= 15 is 0 Å². The van der Waals surface area contributed by atoms with Crippen molar-refractivity contribution < 1.29 is 13.9 Å². The fourth-order valence-corrected chi connectivity index (χ4v) is 3.80. The molecule has 1 saturated carbocycles. The third-order valence-corrected chi connectivity index (χ3v) is 5.17. The quantitative estimate of drug-likeness (QED) is 0.687. The first kappa shape index (κ1) is 19.4. The van der Waals surface area contributed by atoms with Crippen molar-refractivity contribution in [2.24, 2.45) is 5.92 Å². The van der Waals surface area contributed by atoms with Gasteiger partial charge in [0.05, 0.1) is 6.10 Å². The summed E-state index contributed by atoms with van der Waals surface area (Å²) in [5.41, 5.74) is 2.01. The summed E-state index contributed by atoms with van der Waals surface area (Å²) in [7, 11) is 0. The van der Waals surface area contributed by atoms with Crippen molar-refractivity contribution in [2.75, 3.05) is 5.32 Å². The number of halogens is 1. The Bertz CT molecular complexity index is 732. The lowest BCUT2D eigenvalue weighted by molar-refractivity contribution is -0.117. The molecule has 0 aliphatic heterocycles. The Hall–Kier alpha value is -2.36. The van der Waals surface area contributed by atoms with Crippen molar-refractivity contribution in [2.45, 2.75) is 58.0 Å². The second-order valence-electron chi connectivity index (χ2n) is 7.71. The Morgan fingerprint density at radius 1 is 1.04 bits per heavy atom. The van der Waals surface area contributed by atoms with Crippen molar-refractivity contribution in [3.63, 3.8) is 0 Å². The minimum absolute atomic E-state index is 0.0141. The number of hydrogen-bond donors (Lipinski definition) is 1. The summed E-state index contributed by atoms with van der Waals surface area (Å²) in [6, 6.07) is 14.4. The molecule has 3 nitrogen and oxygen atoms in total. The molecule has 0 atom stereocenters. The van der Waals surface area contributed by atoms with Crippen LogP contribution in [0.15, 0.2) is 48.5 Å². The van der Waals surface area contributed by atoms with Gasteiger partial charge in [-0.1, -0.05) is 12.1 Å². The average Bonchev–Trinajstić information content (AvgIpc) is 2.64. The number of carbonyl (C=O) groups excluding carboxylic acids is 1. The van der Waals surface area contributed by atoms with Crippen LogP contribution in [0.5, 0.6) is 5.75 Å². The van der Waals surface area contributed by atoms with Gasteiger partial charge in [0, 0.05) is 12.1 Å². The highest BCUT2D eigenvalue weighted by Gasteiger charge is 2.24. The predicted molar refractivity (Wildman–Crippen MR) is 107 cm³/mol. The van der Waals surface area contributed by atoms with Crippen LogP contribution in [0.2, 0.25) is 0 Å². The highest BCUT2D eigenvalue weighted by atomic mass is 19.1. The lowest BCUT2D eigenvalue weighted by Crippen LogP contribution is -2.20. The molecule has 4 heteroatoms. The van der Waals surface area contributed by atoms with E-state index in [1.54, 1.807) is 12.1 Å². The van der Waals surface area contributed by atoms with Crippen molar-refractivity contribution >= 4 is 11.6 Å². The molecule has 0 spiro atoms. The molecule has 1 aliphatic rings. The van der Waals surface area contributed by atoms with E-state index in [1.807, 2.05) is 13.8 Å². The molecule has 0 aromatic heterocycles. The first-order valence-electron chi connectivity index (χ1n) is 9.81. The van der Waals surface area contributed by atoms with Gasteiger partial charge in [-0.2, -0.15) is 0 Å². The minimum atomic E-state index is -0.296. The van der Waals surface area contributed by atoms with E-state index in [0.717, 1.165) is 31.4 Å². The molecule has 0 unspecified atom stereocenters. The van der Waals surface area contributed by atoms with Gasteiger partial charge in [0.25, 0.3) is 0 Å². The van der Waals surface area contributed by atoms with Crippen molar-refractivity contribution in [3.8, 4) is 5.75 Å². The number of rotatable bonds is 6. The molecule has 144 valence electrons. The van der Waals surface area contributed by atoms with Crippen LogP contribution < -0.4 is 10.1 Å². The summed E-state index contributed by atoms with van der Waals surface area (Å²) < 4.78 is 18.6. The van der Waals surface area contributed by atoms with Gasteiger partial charge in [0.2, 0.25) is 5.91 Å². The zero-order chi connectivity index (χ0) is 19.2. The molecule has 1 N–H and O–H groups in total. The highest BCUT2D eigenvalue weighted by molar-refractivity contribution is 5.90. The summed E-state index contributed by atoms with van der Waals surface area (Å²) in [6.07, 6.45) is 5.06. The molecule has 1 aliphatic carbocycles. The zero-order valence-electron chi connectivity index (χ0n) is 16.1. The summed E-state index contributed by atoms with van der Waals surface area (Å²) in [6.45, 7) is 4.06. The first-order chi connectivity index (χ1) is 13.0. The molecule has 1 fully saturated rings. The van der Waals surface area contributed by atoms with E-state index in [2.05, 4.69) is 29.6 Å². The fraction of sp³-hybridized carbons (Fsp3) is 0.435. The largest absolute Gasteiger partial charge is 0.491 e. The third kappa shape index (κ3) is 5.81. The van der Waals surface area contributed by atoms with Gasteiger partial charge < -0.3 is 10.1 Å². The van der Waals surface area contributed by atoms with E-state index in [4.69, 9.17) is 4.74 Å². The molecular weight excluding hydrogens is 341 g/mol. The lowest BCUT2D eigenvalue weighted by Gasteiger charge is -2.28. The Kier molecular flexibility index (Phi) is 6.49. The fourth-order valence-electron chi connectivity index (χ4n) is 3.80. The monoisotopic (exact) mass is 369 g/mol. The van der Waals surface area contributed by atoms with Gasteiger partial charge in [-0.3, -0.25) is 4.79 Å². The second-order valence-corrected chi connectivity index (χ2v) is 7.71. The number of nitrogens with one attached hydrogen (secondary N) is 1. The van der Waals surface area contributed by atoms with Gasteiger partial charge >= 0.3 is 0 Å². The maximum Gasteiger partial charge on any atom is 0.224 e. The summed E-state index contributed by atoms with van der Waals surface area (Å²) in [5.74, 6) is 1.62.